The number of hydrogen-bond acceptors (Lipinski definition) is 5. The summed E-state index contributed by atoms with van der Waals surface area (Å²) >= 11 is 0. The molecule has 0 aliphatic rings. The minimum Gasteiger partial charge on any atom is -0.490 e. The van der Waals surface area contributed by atoms with Crippen molar-refractivity contribution < 1.29 is 18.8 Å². The Kier molecular flexibility index (Phi) is 6.94. The van der Waals surface area contributed by atoms with E-state index in [2.05, 4.69) is 15.8 Å². The highest BCUT2D eigenvalue weighted by Gasteiger charge is 2.10. The maximum atomic E-state index is 12.1. The molecule has 0 aliphatic heterocycles. The maximum absolute atomic E-state index is 12.1. The van der Waals surface area contributed by atoms with Gasteiger partial charge in [-0.25, -0.2) is 4.79 Å². The van der Waals surface area contributed by atoms with E-state index in [9.17, 15) is 4.79 Å². The highest BCUT2D eigenvalue weighted by molar-refractivity contribution is 5.81. The Morgan fingerprint density at radius 3 is 2.62 bits per heavy atom. The van der Waals surface area contributed by atoms with Crippen molar-refractivity contribution in [3.8, 4) is 11.5 Å². The summed E-state index contributed by atoms with van der Waals surface area (Å²) in [5, 5.41) is 10.7. The molecule has 2 amide bonds. The van der Waals surface area contributed by atoms with E-state index in [1.54, 1.807) is 0 Å². The smallest absolute Gasteiger partial charge is 0.315 e. The van der Waals surface area contributed by atoms with Crippen molar-refractivity contribution in [1.82, 2.24) is 15.8 Å². The number of carbonyl (C=O) groups is 1. The molecule has 2 N–H and O–H groups in total. The van der Waals surface area contributed by atoms with Crippen molar-refractivity contribution in [2.75, 3.05) is 19.8 Å². The molecule has 0 spiro atoms. The average Bonchev–Trinajstić information content (AvgIpc) is 3.10. The van der Waals surface area contributed by atoms with Gasteiger partial charge < -0.3 is 24.6 Å². The number of amides is 2. The lowest BCUT2D eigenvalue weighted by Crippen LogP contribution is -2.36. The molecule has 0 bridgehead atoms. The third kappa shape index (κ3) is 5.40. The summed E-state index contributed by atoms with van der Waals surface area (Å²) in [6.45, 7) is 7.85. The number of nitrogens with one attached hydrogen (secondary N) is 2. The number of ether oxygens (including phenoxy) is 2. The lowest BCUT2D eigenvalue weighted by atomic mass is 10.1. The van der Waals surface area contributed by atoms with Crippen molar-refractivity contribution in [1.29, 1.82) is 0 Å². The number of rotatable bonds is 9. The molecule has 154 valence electrons. The zero-order chi connectivity index (χ0) is 20.6. The summed E-state index contributed by atoms with van der Waals surface area (Å²) in [5.41, 5.74) is 3.61. The predicted molar refractivity (Wildman–Crippen MR) is 111 cm³/mol. The molecule has 0 radical (unpaired) electrons. The van der Waals surface area contributed by atoms with E-state index >= 15 is 0 Å². The summed E-state index contributed by atoms with van der Waals surface area (Å²) in [7, 11) is 0. The van der Waals surface area contributed by atoms with Crippen LogP contribution in [0.4, 0.5) is 4.79 Å². The molecule has 3 rings (SSSR count). The quantitative estimate of drug-likeness (QED) is 0.570. The molecule has 3 aromatic rings. The van der Waals surface area contributed by atoms with Gasteiger partial charge in [0.05, 0.1) is 19.8 Å². The lowest BCUT2D eigenvalue weighted by Gasteiger charge is -2.12. The standard InChI is InChI=1S/C22H27N3O4/c1-4-27-20-9-7-16(13-21(20)28-5-2)10-11-23-22(26)24-14-18-17-12-15(3)6-8-19(17)29-25-18/h6-9,12-13H,4-5,10-11,14H2,1-3H3,(H2,23,24,26). The number of carbonyl (C=O) groups excluding carboxylic acids is 1. The topological polar surface area (TPSA) is 85.6 Å². The molecule has 0 saturated heterocycles. The second kappa shape index (κ2) is 9.82. The van der Waals surface area contributed by atoms with Gasteiger partial charge >= 0.3 is 6.03 Å². The van der Waals surface area contributed by atoms with Gasteiger partial charge in [-0.1, -0.05) is 22.9 Å². The van der Waals surface area contributed by atoms with Crippen LogP contribution in [0.3, 0.4) is 0 Å². The van der Waals surface area contributed by atoms with Gasteiger partial charge in [0.15, 0.2) is 17.1 Å². The Morgan fingerprint density at radius 1 is 1.03 bits per heavy atom. The zero-order valence-electron chi connectivity index (χ0n) is 17.1. The number of hydrogen-bond donors (Lipinski definition) is 2. The Balaban J connectivity index is 1.49. The second-order valence-electron chi connectivity index (χ2n) is 6.64. The summed E-state index contributed by atoms with van der Waals surface area (Å²) in [5.74, 6) is 1.46. The molecule has 0 aliphatic carbocycles. The van der Waals surface area contributed by atoms with Gasteiger partial charge in [0.25, 0.3) is 0 Å². The molecule has 29 heavy (non-hydrogen) atoms. The molecule has 7 heteroatoms. The van der Waals surface area contributed by atoms with Crippen LogP contribution in [0.25, 0.3) is 11.0 Å². The summed E-state index contributed by atoms with van der Waals surface area (Å²) in [4.78, 5) is 12.1. The van der Waals surface area contributed by atoms with Gasteiger partial charge in [-0.2, -0.15) is 0 Å². The Hall–Kier alpha value is -3.22. The van der Waals surface area contributed by atoms with Crippen LogP contribution < -0.4 is 20.1 Å². The van der Waals surface area contributed by atoms with E-state index in [0.29, 0.717) is 44.0 Å². The molecule has 0 atom stereocenters. The lowest BCUT2D eigenvalue weighted by molar-refractivity contribution is 0.240. The average molecular weight is 397 g/mol. The summed E-state index contributed by atoms with van der Waals surface area (Å²) in [6.07, 6.45) is 0.686. The SMILES string of the molecule is CCOc1ccc(CCNC(=O)NCc2noc3ccc(C)cc23)cc1OCC. The van der Waals surface area contributed by atoms with E-state index in [-0.39, 0.29) is 6.03 Å². The van der Waals surface area contributed by atoms with Gasteiger partial charge in [-0.15, -0.1) is 0 Å². The highest BCUT2D eigenvalue weighted by atomic mass is 16.5. The summed E-state index contributed by atoms with van der Waals surface area (Å²) in [6, 6.07) is 11.5. The Morgan fingerprint density at radius 2 is 1.83 bits per heavy atom. The number of nitrogens with zero attached hydrogens (tertiary/aromatic N) is 1. The van der Waals surface area contributed by atoms with Crippen LogP contribution in [-0.2, 0) is 13.0 Å². The molecule has 1 aromatic heterocycles. The van der Waals surface area contributed by atoms with Crippen molar-refractivity contribution in [2.24, 2.45) is 0 Å². The van der Waals surface area contributed by atoms with E-state index in [0.717, 1.165) is 28.0 Å². The minimum absolute atomic E-state index is 0.246. The van der Waals surface area contributed by atoms with E-state index in [4.69, 9.17) is 14.0 Å². The first-order valence-electron chi connectivity index (χ1n) is 9.85. The molecule has 0 unspecified atom stereocenters. The molecule has 0 saturated carbocycles. The summed E-state index contributed by atoms with van der Waals surface area (Å²) < 4.78 is 16.5. The molecular weight excluding hydrogens is 370 g/mol. The number of urea groups is 1. The molecule has 7 nitrogen and oxygen atoms in total. The van der Waals surface area contributed by atoms with Crippen molar-refractivity contribution in [2.45, 2.75) is 33.7 Å². The monoisotopic (exact) mass is 397 g/mol. The van der Waals surface area contributed by atoms with Gasteiger partial charge in [0.1, 0.15) is 5.69 Å². The largest absolute Gasteiger partial charge is 0.490 e. The normalized spacial score (nSPS) is 10.7. The van der Waals surface area contributed by atoms with Crippen LogP contribution in [-0.4, -0.2) is 30.9 Å². The molecule has 2 aromatic carbocycles. The highest BCUT2D eigenvalue weighted by Crippen LogP contribution is 2.28. The van der Waals surface area contributed by atoms with Gasteiger partial charge in [0, 0.05) is 11.9 Å². The fourth-order valence-corrected chi connectivity index (χ4v) is 3.03. The van der Waals surface area contributed by atoms with E-state index in [1.165, 1.54) is 0 Å². The van der Waals surface area contributed by atoms with Gasteiger partial charge in [-0.3, -0.25) is 0 Å². The van der Waals surface area contributed by atoms with Crippen molar-refractivity contribution >= 4 is 17.0 Å². The first-order chi connectivity index (χ1) is 14.1. The third-order valence-electron chi connectivity index (χ3n) is 4.42. The van der Waals surface area contributed by atoms with Crippen LogP contribution >= 0.6 is 0 Å². The van der Waals surface area contributed by atoms with E-state index in [1.807, 2.05) is 57.2 Å². The first-order valence-corrected chi connectivity index (χ1v) is 9.85. The van der Waals surface area contributed by atoms with Crippen LogP contribution in [0.2, 0.25) is 0 Å². The molecule has 1 heterocycles. The Bertz CT molecular complexity index is 968. The third-order valence-corrected chi connectivity index (χ3v) is 4.42. The first kappa shape index (κ1) is 20.5. The van der Waals surface area contributed by atoms with Gasteiger partial charge in [-0.05, 0) is 57.0 Å². The Labute approximate surface area is 170 Å². The molecular formula is C22H27N3O4. The minimum atomic E-state index is -0.246. The zero-order valence-corrected chi connectivity index (χ0v) is 17.1. The van der Waals surface area contributed by atoms with Crippen LogP contribution in [0.5, 0.6) is 11.5 Å². The number of benzene rings is 2. The maximum Gasteiger partial charge on any atom is 0.315 e. The molecule has 0 fully saturated rings. The van der Waals surface area contributed by atoms with Crippen LogP contribution in [0.1, 0.15) is 30.7 Å². The van der Waals surface area contributed by atoms with Crippen molar-refractivity contribution in [3.63, 3.8) is 0 Å². The predicted octanol–water partition coefficient (Wildman–Crippen LogP) is 3.98. The number of fused-ring (bicyclic) bond motifs is 1. The van der Waals surface area contributed by atoms with Crippen LogP contribution in [0, 0.1) is 6.92 Å². The second-order valence-corrected chi connectivity index (χ2v) is 6.64. The fraction of sp³-hybridized carbons (Fsp3) is 0.364. The van der Waals surface area contributed by atoms with Crippen molar-refractivity contribution in [3.05, 3.63) is 53.2 Å². The number of aryl methyl sites for hydroxylation is 1. The van der Waals surface area contributed by atoms with Gasteiger partial charge in [0.2, 0.25) is 0 Å². The fourth-order valence-electron chi connectivity index (χ4n) is 3.03. The van der Waals surface area contributed by atoms with Crippen LogP contribution in [0.15, 0.2) is 40.9 Å². The number of aromatic nitrogens is 1. The van der Waals surface area contributed by atoms with E-state index < -0.39 is 0 Å².